The van der Waals surface area contributed by atoms with Gasteiger partial charge in [0.1, 0.15) is 10.00 Å². The Kier molecular flexibility index (Phi) is 4.57. The predicted octanol–water partition coefficient (Wildman–Crippen LogP) is 3.02. The fourth-order valence-corrected chi connectivity index (χ4v) is 3.23. The van der Waals surface area contributed by atoms with Crippen molar-refractivity contribution in [1.29, 1.82) is 0 Å². The molecule has 0 fully saturated rings. The molecule has 2 N–H and O–H groups in total. The molecule has 2 aromatic rings. The van der Waals surface area contributed by atoms with Gasteiger partial charge in [0.05, 0.1) is 30.4 Å². The molecule has 106 valence electrons. The highest BCUT2D eigenvalue weighted by Gasteiger charge is 2.18. The predicted molar refractivity (Wildman–Crippen MR) is 85.9 cm³/mol. The zero-order valence-electron chi connectivity index (χ0n) is 11.6. The maximum atomic E-state index is 5.75. The SMILES string of the molecule is CCc1nc(-c2cccc(OC)c2OC)sc1C(N)=S. The van der Waals surface area contributed by atoms with E-state index in [0.29, 0.717) is 16.5 Å². The number of nitrogens with two attached hydrogens (primary N) is 1. The van der Waals surface area contributed by atoms with Gasteiger partial charge in [0, 0.05) is 0 Å². The van der Waals surface area contributed by atoms with Crippen LogP contribution in [0.25, 0.3) is 10.6 Å². The van der Waals surface area contributed by atoms with Gasteiger partial charge in [-0.25, -0.2) is 4.98 Å². The Morgan fingerprint density at radius 3 is 2.60 bits per heavy atom. The smallest absolute Gasteiger partial charge is 0.170 e. The lowest BCUT2D eigenvalue weighted by Crippen LogP contribution is -2.09. The van der Waals surface area contributed by atoms with Crippen molar-refractivity contribution in [3.63, 3.8) is 0 Å². The van der Waals surface area contributed by atoms with E-state index < -0.39 is 0 Å². The summed E-state index contributed by atoms with van der Waals surface area (Å²) in [4.78, 5) is 5.86. The monoisotopic (exact) mass is 308 g/mol. The van der Waals surface area contributed by atoms with Crippen molar-refractivity contribution in [2.75, 3.05) is 14.2 Å². The number of aryl methyl sites for hydroxylation is 1. The highest BCUT2D eigenvalue weighted by atomic mass is 32.1. The Bertz CT molecular complexity index is 638. The maximum Gasteiger partial charge on any atom is 0.170 e. The second-order valence-corrected chi connectivity index (χ2v) is 5.49. The highest BCUT2D eigenvalue weighted by Crippen LogP contribution is 2.40. The Morgan fingerprint density at radius 2 is 2.10 bits per heavy atom. The number of aromatic nitrogens is 1. The number of thiazole rings is 1. The summed E-state index contributed by atoms with van der Waals surface area (Å²) in [6, 6.07) is 5.71. The van der Waals surface area contributed by atoms with E-state index in [1.807, 2.05) is 25.1 Å². The van der Waals surface area contributed by atoms with Crippen LogP contribution in [-0.4, -0.2) is 24.2 Å². The topological polar surface area (TPSA) is 57.4 Å². The van der Waals surface area contributed by atoms with Crippen LogP contribution < -0.4 is 15.2 Å². The van der Waals surface area contributed by atoms with E-state index in [4.69, 9.17) is 27.4 Å². The van der Waals surface area contributed by atoms with Crippen LogP contribution in [0.15, 0.2) is 18.2 Å². The molecule has 0 saturated carbocycles. The largest absolute Gasteiger partial charge is 0.493 e. The maximum absolute atomic E-state index is 5.75. The summed E-state index contributed by atoms with van der Waals surface area (Å²) in [7, 11) is 3.23. The van der Waals surface area contributed by atoms with Gasteiger partial charge in [-0.2, -0.15) is 0 Å². The minimum atomic E-state index is 0.382. The van der Waals surface area contributed by atoms with Gasteiger partial charge >= 0.3 is 0 Å². The second kappa shape index (κ2) is 6.19. The number of ether oxygens (including phenoxy) is 2. The van der Waals surface area contributed by atoms with Gasteiger partial charge in [0.2, 0.25) is 0 Å². The molecule has 1 aromatic heterocycles. The second-order valence-electron chi connectivity index (χ2n) is 4.05. The van der Waals surface area contributed by atoms with Crippen molar-refractivity contribution in [2.24, 2.45) is 5.73 Å². The first kappa shape index (κ1) is 14.7. The van der Waals surface area contributed by atoms with Gasteiger partial charge in [0.25, 0.3) is 0 Å². The van der Waals surface area contributed by atoms with Crippen LogP contribution in [0, 0.1) is 0 Å². The van der Waals surface area contributed by atoms with Crippen LogP contribution in [0.2, 0.25) is 0 Å². The molecule has 2 rings (SSSR count). The molecular formula is C14H16N2O2S2. The van der Waals surface area contributed by atoms with Crippen LogP contribution in [0.3, 0.4) is 0 Å². The van der Waals surface area contributed by atoms with E-state index in [-0.39, 0.29) is 0 Å². The minimum Gasteiger partial charge on any atom is -0.493 e. The lowest BCUT2D eigenvalue weighted by molar-refractivity contribution is 0.356. The molecule has 0 radical (unpaired) electrons. The first-order valence-corrected chi connectivity index (χ1v) is 7.35. The van der Waals surface area contributed by atoms with Crippen LogP contribution >= 0.6 is 23.6 Å². The molecule has 0 amide bonds. The third kappa shape index (κ3) is 2.62. The zero-order valence-corrected chi connectivity index (χ0v) is 13.2. The van der Waals surface area contributed by atoms with Crippen molar-refractivity contribution in [3.8, 4) is 22.1 Å². The molecule has 0 aliphatic rings. The summed E-state index contributed by atoms with van der Waals surface area (Å²) in [5.74, 6) is 1.34. The summed E-state index contributed by atoms with van der Waals surface area (Å²) >= 11 is 6.56. The first-order chi connectivity index (χ1) is 9.62. The summed E-state index contributed by atoms with van der Waals surface area (Å²) in [6.45, 7) is 2.03. The summed E-state index contributed by atoms with van der Waals surface area (Å²) in [5, 5.41) is 0.834. The summed E-state index contributed by atoms with van der Waals surface area (Å²) in [6.07, 6.45) is 0.787. The highest BCUT2D eigenvalue weighted by molar-refractivity contribution is 7.81. The minimum absolute atomic E-state index is 0.382. The number of para-hydroxylation sites is 1. The quantitative estimate of drug-likeness (QED) is 0.860. The van der Waals surface area contributed by atoms with Crippen molar-refractivity contribution in [2.45, 2.75) is 13.3 Å². The molecule has 0 unspecified atom stereocenters. The molecule has 4 nitrogen and oxygen atoms in total. The number of benzene rings is 1. The molecule has 0 aliphatic carbocycles. The lowest BCUT2D eigenvalue weighted by Gasteiger charge is -2.10. The Morgan fingerprint density at radius 1 is 1.35 bits per heavy atom. The fourth-order valence-electron chi connectivity index (χ4n) is 1.95. The Labute approximate surface area is 127 Å². The molecule has 0 atom stereocenters. The fraction of sp³-hybridized carbons (Fsp3) is 0.286. The van der Waals surface area contributed by atoms with Gasteiger partial charge in [-0.15, -0.1) is 11.3 Å². The number of hydrogen-bond acceptors (Lipinski definition) is 5. The third-order valence-corrected chi connectivity index (χ3v) is 4.39. The Balaban J connectivity index is 2.60. The third-order valence-electron chi connectivity index (χ3n) is 2.89. The molecule has 6 heteroatoms. The number of thiocarbonyl (C=S) groups is 1. The van der Waals surface area contributed by atoms with Crippen molar-refractivity contribution >= 4 is 28.5 Å². The average Bonchev–Trinajstić information content (AvgIpc) is 2.90. The van der Waals surface area contributed by atoms with E-state index in [1.54, 1.807) is 14.2 Å². The van der Waals surface area contributed by atoms with E-state index in [0.717, 1.165) is 27.6 Å². The van der Waals surface area contributed by atoms with Crippen molar-refractivity contribution in [1.82, 2.24) is 4.98 Å². The Hall–Kier alpha value is -1.66. The van der Waals surface area contributed by atoms with E-state index in [1.165, 1.54) is 11.3 Å². The van der Waals surface area contributed by atoms with Crippen molar-refractivity contribution in [3.05, 3.63) is 28.8 Å². The molecule has 1 heterocycles. The zero-order chi connectivity index (χ0) is 14.7. The van der Waals surface area contributed by atoms with Crippen LogP contribution in [0.4, 0.5) is 0 Å². The van der Waals surface area contributed by atoms with Gasteiger partial charge in [0.15, 0.2) is 11.5 Å². The standard InChI is InChI=1S/C14H16N2O2S2/c1-4-9-12(13(15)19)20-14(16-9)8-6-5-7-10(17-2)11(8)18-3/h5-7H,4H2,1-3H3,(H2,15,19). The molecule has 0 bridgehead atoms. The molecule has 0 aliphatic heterocycles. The van der Waals surface area contributed by atoms with Gasteiger partial charge in [-0.1, -0.05) is 25.2 Å². The average molecular weight is 308 g/mol. The summed E-state index contributed by atoms with van der Waals surface area (Å²) in [5.41, 5.74) is 7.56. The number of nitrogens with zero attached hydrogens (tertiary/aromatic N) is 1. The number of rotatable bonds is 5. The van der Waals surface area contributed by atoms with Gasteiger partial charge < -0.3 is 15.2 Å². The first-order valence-electron chi connectivity index (χ1n) is 6.13. The molecule has 0 spiro atoms. The van der Waals surface area contributed by atoms with E-state index in [2.05, 4.69) is 4.98 Å². The number of hydrogen-bond donors (Lipinski definition) is 1. The summed E-state index contributed by atoms with van der Waals surface area (Å²) < 4.78 is 10.8. The normalized spacial score (nSPS) is 10.3. The van der Waals surface area contributed by atoms with Crippen LogP contribution in [0.5, 0.6) is 11.5 Å². The van der Waals surface area contributed by atoms with Crippen LogP contribution in [0.1, 0.15) is 17.5 Å². The van der Waals surface area contributed by atoms with E-state index in [9.17, 15) is 0 Å². The molecule has 0 saturated heterocycles. The van der Waals surface area contributed by atoms with Crippen LogP contribution in [-0.2, 0) is 6.42 Å². The van der Waals surface area contributed by atoms with Crippen molar-refractivity contribution < 1.29 is 9.47 Å². The van der Waals surface area contributed by atoms with E-state index >= 15 is 0 Å². The molecule has 1 aromatic carbocycles. The number of methoxy groups -OCH3 is 2. The van der Waals surface area contributed by atoms with Gasteiger partial charge in [-0.3, -0.25) is 0 Å². The lowest BCUT2D eigenvalue weighted by atomic mass is 10.2. The molecular weight excluding hydrogens is 292 g/mol. The molecule has 20 heavy (non-hydrogen) atoms. The van der Waals surface area contributed by atoms with Gasteiger partial charge in [-0.05, 0) is 18.6 Å².